The largest absolute Gasteiger partial charge is 0.508 e. The molecular weight excluding hydrogens is 174 g/mol. The lowest BCUT2D eigenvalue weighted by Gasteiger charge is -2.27. The summed E-state index contributed by atoms with van der Waals surface area (Å²) in [7, 11) is 1.28. The highest BCUT2D eigenvalue weighted by Crippen LogP contribution is 2.03. The molecular formula is C8H15NO4. The van der Waals surface area contributed by atoms with Gasteiger partial charge in [0.05, 0.1) is 13.2 Å². The molecule has 1 rings (SSSR count). The zero-order valence-corrected chi connectivity index (χ0v) is 7.91. The molecule has 2 atom stereocenters. The van der Waals surface area contributed by atoms with Gasteiger partial charge in [0.2, 0.25) is 0 Å². The lowest BCUT2D eigenvalue weighted by Crippen LogP contribution is -2.45. The fourth-order valence-corrected chi connectivity index (χ4v) is 1.19. The number of carbonyl (C=O) groups is 1. The summed E-state index contributed by atoms with van der Waals surface area (Å²) in [6.45, 7) is 3.76. The van der Waals surface area contributed by atoms with E-state index in [0.717, 1.165) is 6.54 Å². The molecule has 0 saturated carbocycles. The third-order valence-corrected chi connectivity index (χ3v) is 1.78. The third kappa shape index (κ3) is 3.61. The summed E-state index contributed by atoms with van der Waals surface area (Å²) in [6.07, 6.45) is -0.565. The smallest absolute Gasteiger partial charge is 0.438 e. The average Bonchev–Trinajstić information content (AvgIpc) is 2.14. The number of carbonyl (C=O) groups excluding carboxylic acids is 1. The fourth-order valence-electron chi connectivity index (χ4n) is 1.19. The predicted octanol–water partition coefficient (Wildman–Crippen LogP) is 0.146. The summed E-state index contributed by atoms with van der Waals surface area (Å²) >= 11 is 0. The molecule has 76 valence electrons. The number of ether oxygens (including phenoxy) is 3. The highest BCUT2D eigenvalue weighted by molar-refractivity contribution is 5.59. The highest BCUT2D eigenvalue weighted by Gasteiger charge is 2.20. The van der Waals surface area contributed by atoms with Crippen molar-refractivity contribution in [3.05, 3.63) is 0 Å². The van der Waals surface area contributed by atoms with Crippen LogP contribution in [0.3, 0.4) is 0 Å². The Kier molecular flexibility index (Phi) is 3.98. The Labute approximate surface area is 77.3 Å². The second kappa shape index (κ2) is 5.04. The number of hydrogen-bond acceptors (Lipinski definition) is 5. The normalized spacial score (nSPS) is 28.2. The lowest BCUT2D eigenvalue weighted by atomic mass is 10.2. The van der Waals surface area contributed by atoms with Crippen LogP contribution in [-0.2, 0) is 14.2 Å². The summed E-state index contributed by atoms with van der Waals surface area (Å²) in [5.74, 6) is 0. The molecule has 0 aromatic heterocycles. The minimum atomic E-state index is -0.665. The van der Waals surface area contributed by atoms with Gasteiger partial charge in [-0.25, -0.2) is 4.79 Å². The molecule has 0 aliphatic carbocycles. The van der Waals surface area contributed by atoms with Gasteiger partial charge in [0.15, 0.2) is 0 Å². The van der Waals surface area contributed by atoms with Crippen LogP contribution in [0.15, 0.2) is 0 Å². The maximum Gasteiger partial charge on any atom is 0.508 e. The summed E-state index contributed by atoms with van der Waals surface area (Å²) in [5, 5.41) is 3.17. The molecule has 5 nitrogen and oxygen atoms in total. The van der Waals surface area contributed by atoms with Crippen LogP contribution in [0.1, 0.15) is 6.92 Å². The van der Waals surface area contributed by atoms with Gasteiger partial charge in [-0.15, -0.1) is 0 Å². The van der Waals surface area contributed by atoms with E-state index < -0.39 is 6.16 Å². The molecule has 0 radical (unpaired) electrons. The van der Waals surface area contributed by atoms with Gasteiger partial charge in [0.1, 0.15) is 12.7 Å². The van der Waals surface area contributed by atoms with Crippen LogP contribution < -0.4 is 5.32 Å². The predicted molar refractivity (Wildman–Crippen MR) is 45.6 cm³/mol. The fraction of sp³-hybridized carbons (Fsp3) is 0.875. The molecule has 1 saturated heterocycles. The first-order valence-electron chi connectivity index (χ1n) is 4.29. The molecule has 0 aromatic rings. The van der Waals surface area contributed by atoms with Crippen LogP contribution in [0.25, 0.3) is 0 Å². The van der Waals surface area contributed by atoms with Crippen molar-refractivity contribution >= 4 is 6.16 Å². The van der Waals surface area contributed by atoms with Crippen molar-refractivity contribution in [1.82, 2.24) is 5.32 Å². The van der Waals surface area contributed by atoms with Crippen LogP contribution in [0, 0.1) is 0 Å². The molecule has 1 fully saturated rings. The van der Waals surface area contributed by atoms with Crippen LogP contribution >= 0.6 is 0 Å². The molecule has 2 unspecified atom stereocenters. The molecule has 1 N–H and O–H groups in total. The maximum atomic E-state index is 10.6. The summed E-state index contributed by atoms with van der Waals surface area (Å²) in [5.41, 5.74) is 0. The monoisotopic (exact) mass is 189 g/mol. The zero-order valence-electron chi connectivity index (χ0n) is 7.91. The van der Waals surface area contributed by atoms with E-state index >= 15 is 0 Å². The van der Waals surface area contributed by atoms with E-state index in [2.05, 4.69) is 10.1 Å². The molecule has 0 spiro atoms. The van der Waals surface area contributed by atoms with Gasteiger partial charge >= 0.3 is 6.16 Å². The number of morpholine rings is 1. The second-order valence-electron chi connectivity index (χ2n) is 2.99. The van der Waals surface area contributed by atoms with Gasteiger partial charge in [-0.05, 0) is 6.92 Å². The van der Waals surface area contributed by atoms with Crippen molar-refractivity contribution in [2.75, 3.05) is 26.8 Å². The number of rotatable bonds is 2. The first kappa shape index (κ1) is 10.3. The first-order valence-corrected chi connectivity index (χ1v) is 4.29. The Morgan fingerprint density at radius 2 is 2.38 bits per heavy atom. The van der Waals surface area contributed by atoms with Crippen molar-refractivity contribution in [3.63, 3.8) is 0 Å². The average molecular weight is 189 g/mol. The molecule has 5 heteroatoms. The van der Waals surface area contributed by atoms with E-state index in [1.54, 1.807) is 0 Å². The molecule has 0 aromatic carbocycles. The lowest BCUT2D eigenvalue weighted by molar-refractivity contribution is -0.0619. The van der Waals surface area contributed by atoms with Crippen LogP contribution in [-0.4, -0.2) is 45.2 Å². The second-order valence-corrected chi connectivity index (χ2v) is 2.99. The van der Waals surface area contributed by atoms with E-state index in [1.807, 2.05) is 6.92 Å². The SMILES string of the molecule is COC(=O)OCC1CNCC(C)O1. The standard InChI is InChI=1S/C8H15NO4/c1-6-3-9-4-7(13-6)5-12-8(10)11-2/h6-7,9H,3-5H2,1-2H3. The van der Waals surface area contributed by atoms with E-state index in [0.29, 0.717) is 6.54 Å². The van der Waals surface area contributed by atoms with Gasteiger partial charge in [-0.1, -0.05) is 0 Å². The van der Waals surface area contributed by atoms with Crippen LogP contribution in [0.5, 0.6) is 0 Å². The topological polar surface area (TPSA) is 56.8 Å². The van der Waals surface area contributed by atoms with E-state index in [4.69, 9.17) is 9.47 Å². The van der Waals surface area contributed by atoms with Crippen LogP contribution in [0.4, 0.5) is 4.79 Å². The van der Waals surface area contributed by atoms with Crippen molar-refractivity contribution in [2.24, 2.45) is 0 Å². The van der Waals surface area contributed by atoms with Crippen molar-refractivity contribution in [2.45, 2.75) is 19.1 Å². The summed E-state index contributed by atoms with van der Waals surface area (Å²) in [6, 6.07) is 0. The molecule has 0 amide bonds. The Morgan fingerprint density at radius 3 is 3.00 bits per heavy atom. The van der Waals surface area contributed by atoms with Crippen LogP contribution in [0.2, 0.25) is 0 Å². The molecule has 1 aliphatic heterocycles. The van der Waals surface area contributed by atoms with Crippen molar-refractivity contribution in [3.8, 4) is 0 Å². The first-order chi connectivity index (χ1) is 6.22. The van der Waals surface area contributed by atoms with Gasteiger partial charge in [0.25, 0.3) is 0 Å². The van der Waals surface area contributed by atoms with Crippen molar-refractivity contribution < 1.29 is 19.0 Å². The molecule has 1 aliphatic rings. The van der Waals surface area contributed by atoms with Gasteiger partial charge in [0, 0.05) is 13.1 Å². The van der Waals surface area contributed by atoms with E-state index in [9.17, 15) is 4.79 Å². The van der Waals surface area contributed by atoms with E-state index in [-0.39, 0.29) is 18.8 Å². The van der Waals surface area contributed by atoms with Crippen molar-refractivity contribution in [1.29, 1.82) is 0 Å². The minimum absolute atomic E-state index is 0.0668. The maximum absolute atomic E-state index is 10.6. The van der Waals surface area contributed by atoms with Gasteiger partial charge in [-0.2, -0.15) is 0 Å². The molecule has 0 bridgehead atoms. The number of methoxy groups -OCH3 is 1. The quantitative estimate of drug-likeness (QED) is 0.626. The molecule has 13 heavy (non-hydrogen) atoms. The zero-order chi connectivity index (χ0) is 9.68. The van der Waals surface area contributed by atoms with Gasteiger partial charge in [-0.3, -0.25) is 0 Å². The highest BCUT2D eigenvalue weighted by atomic mass is 16.7. The number of nitrogens with one attached hydrogen (secondary N) is 1. The minimum Gasteiger partial charge on any atom is -0.438 e. The Morgan fingerprint density at radius 1 is 1.62 bits per heavy atom. The summed E-state index contributed by atoms with van der Waals surface area (Å²) in [4.78, 5) is 10.6. The third-order valence-electron chi connectivity index (χ3n) is 1.78. The summed E-state index contributed by atoms with van der Waals surface area (Å²) < 4.78 is 14.6. The Bertz CT molecular complexity index is 174. The van der Waals surface area contributed by atoms with Gasteiger partial charge < -0.3 is 19.5 Å². The molecule has 1 heterocycles. The van der Waals surface area contributed by atoms with E-state index in [1.165, 1.54) is 7.11 Å². The Hall–Kier alpha value is -0.810. The Balaban J connectivity index is 2.17. The number of hydrogen-bond donors (Lipinski definition) is 1.